The van der Waals surface area contributed by atoms with Crippen LogP contribution in [0.15, 0.2) is 40.1 Å². The van der Waals surface area contributed by atoms with E-state index in [1.807, 2.05) is 30.3 Å². The smallest absolute Gasteiger partial charge is 0.321 e. The van der Waals surface area contributed by atoms with Gasteiger partial charge in [-0.15, -0.1) is 0 Å². The normalized spacial score (nSPS) is 21.7. The standard InChI is InChI=1S/C20H26N6O/c1-14-4-5-17(15(2)10-14)23-20(27)25-8-6-24(7-9-25)18-11-19-22-16(3)12-26(19)13-21-18/h4-5,10-11,13,16H,6-9,12H2,1-3H3,(H,23,27)/t16-/m0/s1. The summed E-state index contributed by atoms with van der Waals surface area (Å²) in [5.74, 6) is 1.93. The number of nitrogens with one attached hydrogen (secondary N) is 1. The molecular formula is C20H26N6O. The minimum absolute atomic E-state index is 0.0390. The molecule has 1 aromatic rings. The first-order valence-electron chi connectivity index (χ1n) is 9.48. The predicted octanol–water partition coefficient (Wildman–Crippen LogP) is 2.44. The topological polar surface area (TPSA) is 63.5 Å². The fourth-order valence-corrected chi connectivity index (χ4v) is 3.69. The molecule has 1 saturated heterocycles. The molecule has 0 spiro atoms. The van der Waals surface area contributed by atoms with E-state index in [4.69, 9.17) is 0 Å². The van der Waals surface area contributed by atoms with Crippen molar-refractivity contribution in [3.8, 4) is 0 Å². The minimum Gasteiger partial charge on any atom is -0.353 e. The molecule has 27 heavy (non-hydrogen) atoms. The van der Waals surface area contributed by atoms with Crippen LogP contribution in [0.1, 0.15) is 18.1 Å². The second-order valence-electron chi connectivity index (χ2n) is 7.46. The maximum atomic E-state index is 12.6. The molecule has 2 amide bonds. The van der Waals surface area contributed by atoms with E-state index in [9.17, 15) is 4.79 Å². The number of nitrogens with zero attached hydrogens (tertiary/aromatic N) is 5. The molecule has 1 fully saturated rings. The van der Waals surface area contributed by atoms with Gasteiger partial charge in [0, 0.05) is 44.5 Å². The lowest BCUT2D eigenvalue weighted by atomic mass is 10.1. The van der Waals surface area contributed by atoms with Crippen molar-refractivity contribution < 1.29 is 4.79 Å². The van der Waals surface area contributed by atoms with Crippen LogP contribution in [0.25, 0.3) is 0 Å². The van der Waals surface area contributed by atoms with Gasteiger partial charge in [-0.05, 0) is 32.4 Å². The average Bonchev–Trinajstić information content (AvgIpc) is 3.03. The lowest BCUT2D eigenvalue weighted by molar-refractivity contribution is 0.167. The number of fused-ring (bicyclic) bond motifs is 1. The van der Waals surface area contributed by atoms with Gasteiger partial charge in [0.15, 0.2) is 0 Å². The van der Waals surface area contributed by atoms with Crippen LogP contribution in [-0.2, 0) is 0 Å². The Bertz CT molecular complexity index is 835. The van der Waals surface area contributed by atoms with Crippen LogP contribution in [0.5, 0.6) is 0 Å². The maximum Gasteiger partial charge on any atom is 0.321 e. The molecule has 1 aromatic carbocycles. The first kappa shape index (κ1) is 17.6. The van der Waals surface area contributed by atoms with Gasteiger partial charge in [0.05, 0.1) is 12.4 Å². The first-order valence-corrected chi connectivity index (χ1v) is 9.48. The number of aryl methyl sites for hydroxylation is 2. The number of carbonyl (C=O) groups is 1. The number of aliphatic imine (C=N–C) groups is 2. The number of amides is 2. The van der Waals surface area contributed by atoms with Crippen molar-refractivity contribution in [1.29, 1.82) is 0 Å². The van der Waals surface area contributed by atoms with Crippen molar-refractivity contribution in [2.75, 3.05) is 38.0 Å². The second-order valence-corrected chi connectivity index (χ2v) is 7.46. The van der Waals surface area contributed by atoms with E-state index in [1.54, 1.807) is 0 Å². The molecule has 1 N–H and O–H groups in total. The Morgan fingerprint density at radius 1 is 1.19 bits per heavy atom. The number of benzene rings is 1. The Hall–Kier alpha value is -2.83. The highest BCUT2D eigenvalue weighted by Crippen LogP contribution is 2.20. The molecule has 3 heterocycles. The molecule has 0 aliphatic carbocycles. The van der Waals surface area contributed by atoms with Gasteiger partial charge in [-0.1, -0.05) is 17.7 Å². The number of piperazine rings is 1. The summed E-state index contributed by atoms with van der Waals surface area (Å²) >= 11 is 0. The third kappa shape index (κ3) is 3.67. The summed E-state index contributed by atoms with van der Waals surface area (Å²) in [4.78, 5) is 28.0. The van der Waals surface area contributed by atoms with Crippen LogP contribution in [-0.4, -0.2) is 71.7 Å². The molecule has 3 aliphatic heterocycles. The van der Waals surface area contributed by atoms with Gasteiger partial charge in [0.1, 0.15) is 11.7 Å². The molecular weight excluding hydrogens is 340 g/mol. The van der Waals surface area contributed by atoms with Crippen LogP contribution in [0.2, 0.25) is 0 Å². The molecule has 0 unspecified atom stereocenters. The van der Waals surface area contributed by atoms with Gasteiger partial charge in [0.25, 0.3) is 0 Å². The van der Waals surface area contributed by atoms with E-state index in [1.165, 1.54) is 5.56 Å². The Labute approximate surface area is 160 Å². The zero-order valence-corrected chi connectivity index (χ0v) is 16.1. The molecule has 142 valence electrons. The Balaban J connectivity index is 1.35. The summed E-state index contributed by atoms with van der Waals surface area (Å²) in [5, 5.41) is 3.04. The van der Waals surface area contributed by atoms with E-state index < -0.39 is 0 Å². The summed E-state index contributed by atoms with van der Waals surface area (Å²) in [5.41, 5.74) is 3.15. The monoisotopic (exact) mass is 366 g/mol. The fraction of sp³-hybridized carbons (Fsp3) is 0.450. The van der Waals surface area contributed by atoms with E-state index >= 15 is 0 Å². The van der Waals surface area contributed by atoms with Gasteiger partial charge in [-0.2, -0.15) is 0 Å². The average molecular weight is 366 g/mol. The molecule has 0 radical (unpaired) electrons. The van der Waals surface area contributed by atoms with Gasteiger partial charge in [-0.3, -0.25) is 4.99 Å². The third-order valence-corrected chi connectivity index (χ3v) is 5.21. The van der Waals surface area contributed by atoms with Crippen LogP contribution in [0.3, 0.4) is 0 Å². The van der Waals surface area contributed by atoms with E-state index in [0.717, 1.165) is 42.5 Å². The molecule has 0 bridgehead atoms. The van der Waals surface area contributed by atoms with Crippen LogP contribution in [0.4, 0.5) is 10.5 Å². The molecule has 4 rings (SSSR count). The fourth-order valence-electron chi connectivity index (χ4n) is 3.69. The number of rotatable bonds is 2. The van der Waals surface area contributed by atoms with E-state index in [-0.39, 0.29) is 6.03 Å². The van der Waals surface area contributed by atoms with Gasteiger partial charge in [0.2, 0.25) is 0 Å². The largest absolute Gasteiger partial charge is 0.353 e. The zero-order valence-electron chi connectivity index (χ0n) is 16.1. The molecule has 1 atom stereocenters. The van der Waals surface area contributed by atoms with Crippen molar-refractivity contribution in [3.63, 3.8) is 0 Å². The Morgan fingerprint density at radius 3 is 2.70 bits per heavy atom. The van der Waals surface area contributed by atoms with Crippen molar-refractivity contribution in [2.45, 2.75) is 26.8 Å². The van der Waals surface area contributed by atoms with E-state index in [2.05, 4.69) is 51.1 Å². The van der Waals surface area contributed by atoms with Crippen molar-refractivity contribution in [1.82, 2.24) is 14.7 Å². The highest BCUT2D eigenvalue weighted by molar-refractivity contribution is 6.03. The first-order chi connectivity index (χ1) is 13.0. The zero-order chi connectivity index (χ0) is 19.0. The highest BCUT2D eigenvalue weighted by Gasteiger charge is 2.27. The van der Waals surface area contributed by atoms with Crippen LogP contribution >= 0.6 is 0 Å². The molecule has 7 heteroatoms. The van der Waals surface area contributed by atoms with Gasteiger partial charge < -0.3 is 20.0 Å². The van der Waals surface area contributed by atoms with Crippen LogP contribution < -0.4 is 5.32 Å². The summed E-state index contributed by atoms with van der Waals surface area (Å²) in [6.07, 6.45) is 3.92. The second kappa shape index (κ2) is 7.06. The summed E-state index contributed by atoms with van der Waals surface area (Å²) in [7, 11) is 0. The molecule has 7 nitrogen and oxygen atoms in total. The Morgan fingerprint density at radius 2 is 1.96 bits per heavy atom. The van der Waals surface area contributed by atoms with Crippen molar-refractivity contribution >= 4 is 23.9 Å². The predicted molar refractivity (Wildman–Crippen MR) is 108 cm³/mol. The number of carbonyl (C=O) groups excluding carboxylic acids is 1. The van der Waals surface area contributed by atoms with Crippen LogP contribution in [0, 0.1) is 13.8 Å². The highest BCUT2D eigenvalue weighted by atomic mass is 16.2. The summed E-state index contributed by atoms with van der Waals surface area (Å²) in [6.45, 7) is 9.97. The summed E-state index contributed by atoms with van der Waals surface area (Å²) < 4.78 is 0. The lowest BCUT2D eigenvalue weighted by Crippen LogP contribution is -2.50. The van der Waals surface area contributed by atoms with E-state index in [0.29, 0.717) is 19.1 Å². The molecule has 0 saturated carbocycles. The SMILES string of the molecule is Cc1ccc(NC(=O)N2CCN(C3=CC4=N[C@@H](C)CN4C=N3)CC2)c(C)c1. The third-order valence-electron chi connectivity index (χ3n) is 5.21. The number of anilines is 1. The van der Waals surface area contributed by atoms with Crippen molar-refractivity contribution in [3.05, 3.63) is 41.2 Å². The van der Waals surface area contributed by atoms with Crippen molar-refractivity contribution in [2.24, 2.45) is 9.98 Å². The molecule has 0 aromatic heterocycles. The quantitative estimate of drug-likeness (QED) is 0.874. The minimum atomic E-state index is -0.0390. The summed E-state index contributed by atoms with van der Waals surface area (Å²) in [6, 6.07) is 6.34. The number of amidine groups is 1. The van der Waals surface area contributed by atoms with Gasteiger partial charge in [-0.25, -0.2) is 9.79 Å². The number of hydrogen-bond acceptors (Lipinski definition) is 5. The molecule has 3 aliphatic rings. The van der Waals surface area contributed by atoms with Gasteiger partial charge >= 0.3 is 6.03 Å². The number of hydrogen-bond donors (Lipinski definition) is 1. The lowest BCUT2D eigenvalue weighted by Gasteiger charge is -2.36. The maximum absolute atomic E-state index is 12.6. The Kier molecular flexibility index (Phi) is 4.59. The number of urea groups is 1.